The zero-order chi connectivity index (χ0) is 13.9. The van der Waals surface area contributed by atoms with Crippen LogP contribution in [0.5, 0.6) is 0 Å². The first-order valence-corrected chi connectivity index (χ1v) is 7.93. The van der Waals surface area contributed by atoms with Gasteiger partial charge in [-0.2, -0.15) is 0 Å². The van der Waals surface area contributed by atoms with Crippen LogP contribution in [0.25, 0.3) is 11.1 Å². The molecule has 3 nitrogen and oxygen atoms in total. The SMILES string of the molecule is O=c1[nH]c2ccc(C(Cl)CCC3CCCCC3)cc2o1. The van der Waals surface area contributed by atoms with E-state index in [9.17, 15) is 4.79 Å². The second-order valence-corrected chi connectivity index (χ2v) is 6.35. The molecule has 1 heterocycles. The molecule has 1 fully saturated rings. The Morgan fingerprint density at radius 1 is 1.30 bits per heavy atom. The van der Waals surface area contributed by atoms with E-state index < -0.39 is 5.76 Å². The second kappa shape index (κ2) is 6.04. The molecule has 2 aromatic rings. The van der Waals surface area contributed by atoms with Crippen LogP contribution >= 0.6 is 11.6 Å². The lowest BCUT2D eigenvalue weighted by molar-refractivity contribution is 0.331. The lowest BCUT2D eigenvalue weighted by Gasteiger charge is -2.22. The molecule has 1 aromatic heterocycles. The summed E-state index contributed by atoms with van der Waals surface area (Å²) in [6.45, 7) is 0. The number of fused-ring (bicyclic) bond motifs is 1. The summed E-state index contributed by atoms with van der Waals surface area (Å²) in [5, 5.41) is 0.00142. The number of oxazole rings is 1. The van der Waals surface area contributed by atoms with E-state index >= 15 is 0 Å². The van der Waals surface area contributed by atoms with Crippen LogP contribution < -0.4 is 5.76 Å². The number of nitrogens with one attached hydrogen (secondary N) is 1. The number of halogens is 1. The average molecular weight is 294 g/mol. The van der Waals surface area contributed by atoms with Crippen molar-refractivity contribution < 1.29 is 4.42 Å². The zero-order valence-corrected chi connectivity index (χ0v) is 12.3. The molecule has 0 aliphatic heterocycles. The van der Waals surface area contributed by atoms with Crippen LogP contribution in [-0.4, -0.2) is 4.98 Å². The van der Waals surface area contributed by atoms with Crippen LogP contribution in [-0.2, 0) is 0 Å². The summed E-state index contributed by atoms with van der Waals surface area (Å²) in [5.74, 6) is 0.435. The summed E-state index contributed by atoms with van der Waals surface area (Å²) in [6.07, 6.45) is 9.04. The van der Waals surface area contributed by atoms with E-state index in [0.717, 1.165) is 23.4 Å². The molecule has 1 saturated carbocycles. The summed E-state index contributed by atoms with van der Waals surface area (Å²) in [5.41, 5.74) is 2.36. The van der Waals surface area contributed by atoms with Crippen LogP contribution in [0.15, 0.2) is 27.4 Å². The van der Waals surface area contributed by atoms with Gasteiger partial charge < -0.3 is 4.42 Å². The van der Waals surface area contributed by atoms with Gasteiger partial charge in [-0.25, -0.2) is 4.79 Å². The molecular weight excluding hydrogens is 274 g/mol. The highest BCUT2D eigenvalue weighted by Gasteiger charge is 2.16. The number of aromatic amines is 1. The fourth-order valence-electron chi connectivity index (χ4n) is 3.18. The molecule has 108 valence electrons. The maximum Gasteiger partial charge on any atom is 0.417 e. The number of hydrogen-bond acceptors (Lipinski definition) is 2. The molecule has 0 spiro atoms. The minimum Gasteiger partial charge on any atom is -0.408 e. The summed E-state index contributed by atoms with van der Waals surface area (Å²) < 4.78 is 5.08. The highest BCUT2D eigenvalue weighted by Crippen LogP contribution is 2.33. The zero-order valence-electron chi connectivity index (χ0n) is 11.5. The molecule has 4 heteroatoms. The van der Waals surface area contributed by atoms with Crippen molar-refractivity contribution >= 4 is 22.7 Å². The van der Waals surface area contributed by atoms with Crippen LogP contribution in [0.3, 0.4) is 0 Å². The Bertz CT molecular complexity index is 625. The molecule has 1 aromatic carbocycles. The van der Waals surface area contributed by atoms with E-state index in [0.29, 0.717) is 5.58 Å². The first kappa shape index (κ1) is 13.7. The van der Waals surface area contributed by atoms with Crippen molar-refractivity contribution in [3.05, 3.63) is 34.3 Å². The van der Waals surface area contributed by atoms with E-state index in [1.807, 2.05) is 18.2 Å². The molecule has 0 radical (unpaired) electrons. The summed E-state index contributed by atoms with van der Waals surface area (Å²) in [4.78, 5) is 13.8. The van der Waals surface area contributed by atoms with Gasteiger partial charge in [0.2, 0.25) is 0 Å². The Balaban J connectivity index is 1.65. The van der Waals surface area contributed by atoms with E-state index in [-0.39, 0.29) is 5.38 Å². The van der Waals surface area contributed by atoms with Crippen molar-refractivity contribution in [2.24, 2.45) is 5.92 Å². The van der Waals surface area contributed by atoms with Crippen molar-refractivity contribution in [2.75, 3.05) is 0 Å². The van der Waals surface area contributed by atoms with Gasteiger partial charge >= 0.3 is 5.76 Å². The lowest BCUT2D eigenvalue weighted by atomic mass is 9.85. The van der Waals surface area contributed by atoms with Gasteiger partial charge in [0.15, 0.2) is 5.58 Å². The average Bonchev–Trinajstić information content (AvgIpc) is 2.85. The van der Waals surface area contributed by atoms with Gasteiger partial charge in [0.1, 0.15) is 0 Å². The van der Waals surface area contributed by atoms with Gasteiger partial charge in [0.05, 0.1) is 10.9 Å². The van der Waals surface area contributed by atoms with Crippen LogP contribution in [0.4, 0.5) is 0 Å². The van der Waals surface area contributed by atoms with Crippen molar-refractivity contribution in [3.63, 3.8) is 0 Å². The quantitative estimate of drug-likeness (QED) is 0.826. The fraction of sp³-hybridized carbons (Fsp3) is 0.562. The Labute approximate surface area is 123 Å². The molecule has 1 aliphatic rings. The van der Waals surface area contributed by atoms with Gasteiger partial charge in [0.25, 0.3) is 0 Å². The minimum absolute atomic E-state index is 0.00142. The number of benzene rings is 1. The highest BCUT2D eigenvalue weighted by atomic mass is 35.5. The Kier molecular flexibility index (Phi) is 4.16. The Morgan fingerprint density at radius 3 is 2.90 bits per heavy atom. The summed E-state index contributed by atoms with van der Waals surface area (Å²) >= 11 is 6.50. The minimum atomic E-state index is -0.412. The Morgan fingerprint density at radius 2 is 2.10 bits per heavy atom. The fourth-order valence-corrected chi connectivity index (χ4v) is 3.44. The summed E-state index contributed by atoms with van der Waals surface area (Å²) in [6, 6.07) is 5.73. The molecular formula is C16H20ClNO2. The largest absolute Gasteiger partial charge is 0.417 e. The molecule has 1 aliphatic carbocycles. The molecule has 1 N–H and O–H groups in total. The number of alkyl halides is 1. The first-order valence-electron chi connectivity index (χ1n) is 7.49. The third-order valence-electron chi connectivity index (χ3n) is 4.36. The molecule has 1 unspecified atom stereocenters. The van der Waals surface area contributed by atoms with Gasteiger partial charge in [0, 0.05) is 0 Å². The lowest BCUT2D eigenvalue weighted by Crippen LogP contribution is -2.07. The third-order valence-corrected chi connectivity index (χ3v) is 4.83. The van der Waals surface area contributed by atoms with Crippen LogP contribution in [0, 0.1) is 5.92 Å². The number of hydrogen-bond donors (Lipinski definition) is 1. The van der Waals surface area contributed by atoms with Crippen molar-refractivity contribution in [1.29, 1.82) is 0 Å². The molecule has 0 amide bonds. The van der Waals surface area contributed by atoms with E-state index in [1.54, 1.807) is 0 Å². The van der Waals surface area contributed by atoms with Crippen LogP contribution in [0.2, 0.25) is 0 Å². The predicted octanol–water partition coefficient (Wildman–Crippen LogP) is 4.76. The van der Waals surface area contributed by atoms with E-state index in [4.69, 9.17) is 16.0 Å². The second-order valence-electron chi connectivity index (χ2n) is 5.82. The monoisotopic (exact) mass is 293 g/mol. The smallest absolute Gasteiger partial charge is 0.408 e. The maximum atomic E-state index is 11.1. The number of H-pyrrole nitrogens is 1. The molecule has 0 bridgehead atoms. The number of rotatable bonds is 4. The number of aromatic nitrogens is 1. The summed E-state index contributed by atoms with van der Waals surface area (Å²) in [7, 11) is 0. The maximum absolute atomic E-state index is 11.1. The molecule has 3 rings (SSSR count). The van der Waals surface area contributed by atoms with Gasteiger partial charge in [-0.15, -0.1) is 11.6 Å². The van der Waals surface area contributed by atoms with Crippen molar-refractivity contribution in [3.8, 4) is 0 Å². The van der Waals surface area contributed by atoms with Crippen molar-refractivity contribution in [2.45, 2.75) is 50.3 Å². The standard InChI is InChI=1S/C16H20ClNO2/c17-13(8-6-11-4-2-1-3-5-11)12-7-9-14-15(10-12)20-16(19)18-14/h7,9-11,13H,1-6,8H2,(H,18,19). The first-order chi connectivity index (χ1) is 9.72. The Hall–Kier alpha value is -1.22. The molecule has 20 heavy (non-hydrogen) atoms. The van der Waals surface area contributed by atoms with Crippen molar-refractivity contribution in [1.82, 2.24) is 4.98 Å². The topological polar surface area (TPSA) is 46.0 Å². The van der Waals surface area contributed by atoms with Gasteiger partial charge in [-0.05, 0) is 36.5 Å². The highest BCUT2D eigenvalue weighted by molar-refractivity contribution is 6.20. The molecule has 1 atom stereocenters. The third kappa shape index (κ3) is 3.09. The van der Waals surface area contributed by atoms with Gasteiger partial charge in [-0.1, -0.05) is 38.2 Å². The predicted molar refractivity (Wildman–Crippen MR) is 81.2 cm³/mol. The van der Waals surface area contributed by atoms with Crippen LogP contribution in [0.1, 0.15) is 55.9 Å². The van der Waals surface area contributed by atoms with E-state index in [2.05, 4.69) is 4.98 Å². The van der Waals surface area contributed by atoms with E-state index in [1.165, 1.54) is 38.5 Å². The normalized spacial score (nSPS) is 18.4. The van der Waals surface area contributed by atoms with Gasteiger partial charge in [-0.3, -0.25) is 4.98 Å². The molecule has 0 saturated heterocycles.